The second kappa shape index (κ2) is 7.22. The Morgan fingerprint density at radius 3 is 2.67 bits per heavy atom. The minimum atomic E-state index is -0.389. The van der Waals surface area contributed by atoms with Crippen LogP contribution in [0.3, 0.4) is 0 Å². The highest BCUT2D eigenvalue weighted by atomic mass is 79.9. The van der Waals surface area contributed by atoms with Crippen molar-refractivity contribution in [1.29, 1.82) is 0 Å². The summed E-state index contributed by atoms with van der Waals surface area (Å²) in [6.07, 6.45) is 0.537. The number of hydrogen-bond donors (Lipinski definition) is 2. The van der Waals surface area contributed by atoms with E-state index in [0.29, 0.717) is 11.4 Å². The monoisotopic (exact) mass is 372 g/mol. The SMILES string of the molecule is COc1ccc(CC(NN)c2ccc(Br)c(Cl)c2)cc1F. The molecule has 0 aromatic heterocycles. The average molecular weight is 374 g/mol. The van der Waals surface area contributed by atoms with Crippen molar-refractivity contribution < 1.29 is 9.13 Å². The number of nitrogens with two attached hydrogens (primary N) is 1. The zero-order valence-electron chi connectivity index (χ0n) is 11.4. The lowest BCUT2D eigenvalue weighted by Crippen LogP contribution is -2.29. The molecule has 6 heteroatoms. The predicted molar refractivity (Wildman–Crippen MR) is 85.9 cm³/mol. The Morgan fingerprint density at radius 1 is 1.33 bits per heavy atom. The summed E-state index contributed by atoms with van der Waals surface area (Å²) in [6.45, 7) is 0. The maximum absolute atomic E-state index is 13.7. The van der Waals surface area contributed by atoms with Gasteiger partial charge in [0.2, 0.25) is 0 Å². The van der Waals surface area contributed by atoms with Gasteiger partial charge in [-0.3, -0.25) is 11.3 Å². The predicted octanol–water partition coefficient (Wildman–Crippen LogP) is 4.00. The molecule has 112 valence electrons. The maximum atomic E-state index is 13.7. The van der Waals surface area contributed by atoms with Gasteiger partial charge in [0.15, 0.2) is 11.6 Å². The quantitative estimate of drug-likeness (QED) is 0.615. The van der Waals surface area contributed by atoms with Crippen molar-refractivity contribution in [1.82, 2.24) is 5.43 Å². The van der Waals surface area contributed by atoms with Crippen molar-refractivity contribution in [3.8, 4) is 5.75 Å². The lowest BCUT2D eigenvalue weighted by molar-refractivity contribution is 0.386. The molecule has 0 aliphatic rings. The highest BCUT2D eigenvalue weighted by molar-refractivity contribution is 9.10. The van der Waals surface area contributed by atoms with Crippen LogP contribution in [0, 0.1) is 5.82 Å². The first kappa shape index (κ1) is 16.2. The molecule has 0 fully saturated rings. The zero-order chi connectivity index (χ0) is 15.4. The number of methoxy groups -OCH3 is 1. The molecule has 2 rings (SSSR count). The van der Waals surface area contributed by atoms with Crippen LogP contribution in [0.25, 0.3) is 0 Å². The van der Waals surface area contributed by atoms with Gasteiger partial charge in [-0.25, -0.2) is 4.39 Å². The number of rotatable bonds is 5. The lowest BCUT2D eigenvalue weighted by atomic mass is 9.99. The maximum Gasteiger partial charge on any atom is 0.165 e. The standard InChI is InChI=1S/C15H15BrClFN2O/c1-21-15-5-2-9(6-13(15)18)7-14(20-19)10-3-4-11(16)12(17)8-10/h2-6,8,14,20H,7,19H2,1H3. The van der Waals surface area contributed by atoms with Crippen LogP contribution in [0.2, 0.25) is 5.02 Å². The molecule has 3 nitrogen and oxygen atoms in total. The van der Waals surface area contributed by atoms with E-state index in [1.54, 1.807) is 6.07 Å². The Balaban J connectivity index is 2.22. The fraction of sp³-hybridized carbons (Fsp3) is 0.200. The summed E-state index contributed by atoms with van der Waals surface area (Å²) in [6, 6.07) is 10.3. The Hall–Kier alpha value is -1.14. The van der Waals surface area contributed by atoms with Gasteiger partial charge in [0.1, 0.15) is 0 Å². The Morgan fingerprint density at radius 2 is 2.10 bits per heavy atom. The molecule has 2 aromatic carbocycles. The first-order valence-corrected chi connectivity index (χ1v) is 7.45. The van der Waals surface area contributed by atoms with Crippen LogP contribution in [-0.2, 0) is 6.42 Å². The van der Waals surface area contributed by atoms with Crippen molar-refractivity contribution in [3.63, 3.8) is 0 Å². The minimum absolute atomic E-state index is 0.164. The molecular formula is C15H15BrClFN2O. The van der Waals surface area contributed by atoms with Gasteiger partial charge < -0.3 is 4.74 Å². The lowest BCUT2D eigenvalue weighted by Gasteiger charge is -2.17. The zero-order valence-corrected chi connectivity index (χ0v) is 13.7. The van der Waals surface area contributed by atoms with Crippen molar-refractivity contribution in [3.05, 3.63) is 62.8 Å². The average Bonchev–Trinajstić information content (AvgIpc) is 2.48. The van der Waals surface area contributed by atoms with Crippen LogP contribution >= 0.6 is 27.5 Å². The molecule has 0 bridgehead atoms. The van der Waals surface area contributed by atoms with Gasteiger partial charge in [0.05, 0.1) is 18.2 Å². The van der Waals surface area contributed by atoms with Gasteiger partial charge >= 0.3 is 0 Å². The van der Waals surface area contributed by atoms with Crippen molar-refractivity contribution >= 4 is 27.5 Å². The number of benzene rings is 2. The number of hydrogen-bond acceptors (Lipinski definition) is 3. The number of halogens is 3. The first-order valence-electron chi connectivity index (χ1n) is 6.28. The number of hydrazine groups is 1. The van der Waals surface area contributed by atoms with E-state index >= 15 is 0 Å². The molecular weight excluding hydrogens is 359 g/mol. The molecule has 2 aromatic rings. The van der Waals surface area contributed by atoms with E-state index < -0.39 is 0 Å². The van der Waals surface area contributed by atoms with E-state index in [4.69, 9.17) is 22.2 Å². The molecule has 0 saturated carbocycles. The van der Waals surface area contributed by atoms with Gasteiger partial charge in [0.25, 0.3) is 0 Å². The molecule has 1 unspecified atom stereocenters. The summed E-state index contributed by atoms with van der Waals surface area (Å²) >= 11 is 9.44. The van der Waals surface area contributed by atoms with Crippen LogP contribution in [0.15, 0.2) is 40.9 Å². The number of ether oxygens (including phenoxy) is 1. The molecule has 1 atom stereocenters. The minimum Gasteiger partial charge on any atom is -0.494 e. The summed E-state index contributed by atoms with van der Waals surface area (Å²) in [5.74, 6) is 5.45. The van der Waals surface area contributed by atoms with Gasteiger partial charge in [-0.1, -0.05) is 23.7 Å². The van der Waals surface area contributed by atoms with Crippen LogP contribution in [-0.4, -0.2) is 7.11 Å². The summed E-state index contributed by atoms with van der Waals surface area (Å²) in [5, 5.41) is 0.605. The second-order valence-corrected chi connectivity index (χ2v) is 5.83. The molecule has 0 aliphatic carbocycles. The smallest absolute Gasteiger partial charge is 0.165 e. The third-order valence-corrected chi connectivity index (χ3v) is 4.44. The van der Waals surface area contributed by atoms with Gasteiger partial charge in [0, 0.05) is 4.47 Å². The van der Waals surface area contributed by atoms with Gasteiger partial charge in [-0.05, 0) is 57.7 Å². The van der Waals surface area contributed by atoms with Crippen molar-refractivity contribution in [2.24, 2.45) is 5.84 Å². The first-order chi connectivity index (χ1) is 10.0. The van der Waals surface area contributed by atoms with E-state index in [9.17, 15) is 4.39 Å². The van der Waals surface area contributed by atoms with Gasteiger partial charge in [-0.2, -0.15) is 0 Å². The van der Waals surface area contributed by atoms with Crippen molar-refractivity contribution in [2.45, 2.75) is 12.5 Å². The number of nitrogens with one attached hydrogen (secondary N) is 1. The van der Waals surface area contributed by atoms with E-state index in [-0.39, 0.29) is 17.6 Å². The fourth-order valence-electron chi connectivity index (χ4n) is 2.07. The Bertz CT molecular complexity index is 639. The molecule has 21 heavy (non-hydrogen) atoms. The van der Waals surface area contributed by atoms with E-state index in [0.717, 1.165) is 15.6 Å². The summed E-state index contributed by atoms with van der Waals surface area (Å²) < 4.78 is 19.4. The highest BCUT2D eigenvalue weighted by Crippen LogP contribution is 2.28. The van der Waals surface area contributed by atoms with E-state index in [1.165, 1.54) is 13.2 Å². The normalized spacial score (nSPS) is 12.2. The third kappa shape index (κ3) is 3.95. The summed E-state index contributed by atoms with van der Waals surface area (Å²) in [5.41, 5.74) is 4.48. The topological polar surface area (TPSA) is 47.3 Å². The highest BCUT2D eigenvalue weighted by Gasteiger charge is 2.13. The Kier molecular flexibility index (Phi) is 5.58. The van der Waals surface area contributed by atoms with E-state index in [2.05, 4.69) is 21.4 Å². The van der Waals surface area contributed by atoms with Crippen LogP contribution in [0.5, 0.6) is 5.75 Å². The summed E-state index contributed by atoms with van der Waals surface area (Å²) in [7, 11) is 1.44. The van der Waals surface area contributed by atoms with Crippen LogP contribution in [0.4, 0.5) is 4.39 Å². The molecule has 0 saturated heterocycles. The molecule has 0 spiro atoms. The molecule has 0 radical (unpaired) electrons. The van der Waals surface area contributed by atoms with E-state index in [1.807, 2.05) is 24.3 Å². The molecule has 0 heterocycles. The molecule has 0 amide bonds. The Labute approximate surface area is 136 Å². The second-order valence-electron chi connectivity index (χ2n) is 4.57. The molecule has 3 N–H and O–H groups in total. The summed E-state index contributed by atoms with van der Waals surface area (Å²) in [4.78, 5) is 0. The van der Waals surface area contributed by atoms with Gasteiger partial charge in [-0.15, -0.1) is 0 Å². The van der Waals surface area contributed by atoms with Crippen LogP contribution in [0.1, 0.15) is 17.2 Å². The third-order valence-electron chi connectivity index (χ3n) is 3.20. The van der Waals surface area contributed by atoms with Crippen molar-refractivity contribution in [2.75, 3.05) is 7.11 Å². The fourth-order valence-corrected chi connectivity index (χ4v) is 2.51. The largest absolute Gasteiger partial charge is 0.494 e. The van der Waals surface area contributed by atoms with Crippen LogP contribution < -0.4 is 16.0 Å². The molecule has 0 aliphatic heterocycles.